The first-order chi connectivity index (χ1) is 7.36. The van der Waals surface area contributed by atoms with Gasteiger partial charge in [-0.2, -0.15) is 0 Å². The quantitative estimate of drug-likeness (QED) is 0.545. The maximum Gasteiger partial charge on any atom is 0.0951 e. The van der Waals surface area contributed by atoms with Crippen LogP contribution in [0.3, 0.4) is 0 Å². The van der Waals surface area contributed by atoms with Gasteiger partial charge in [0.05, 0.1) is 17.7 Å². The molecule has 0 radical (unpaired) electrons. The molecule has 0 spiro atoms. The molecule has 1 aliphatic carbocycles. The smallest absolute Gasteiger partial charge is 0.0951 e. The first-order valence-electron chi connectivity index (χ1n) is 5.45. The van der Waals surface area contributed by atoms with Gasteiger partial charge in [0.25, 0.3) is 0 Å². The molecule has 1 heterocycles. The molecule has 2 heteroatoms. The summed E-state index contributed by atoms with van der Waals surface area (Å²) in [5, 5.41) is 0. The van der Waals surface area contributed by atoms with E-state index in [2.05, 4.69) is 33.8 Å². The van der Waals surface area contributed by atoms with Crippen molar-refractivity contribution in [2.24, 2.45) is 7.05 Å². The molecule has 2 nitrogen and oxygen atoms in total. The number of rotatable bonds is 0. The summed E-state index contributed by atoms with van der Waals surface area (Å²) in [6.45, 7) is 4.00. The molecule has 0 amide bonds. The molecule has 15 heavy (non-hydrogen) atoms. The normalized spacial score (nSPS) is 11.4. The minimum atomic E-state index is 0.992. The van der Waals surface area contributed by atoms with Gasteiger partial charge in [0, 0.05) is 19.0 Å². The second kappa shape index (κ2) is 3.89. The van der Waals surface area contributed by atoms with Crippen LogP contribution >= 0.6 is 0 Å². The molecule has 0 saturated carbocycles. The van der Waals surface area contributed by atoms with Crippen LogP contribution in [0.1, 0.15) is 25.1 Å². The molecule has 3 rings (SSSR count). The van der Waals surface area contributed by atoms with Gasteiger partial charge in [0.15, 0.2) is 0 Å². The molecule has 2 aromatic rings. The van der Waals surface area contributed by atoms with Crippen molar-refractivity contribution in [2.45, 2.75) is 20.3 Å². The van der Waals surface area contributed by atoms with Crippen molar-refractivity contribution in [2.75, 3.05) is 0 Å². The number of aromatic nitrogens is 2. The molecule has 1 aliphatic rings. The molecule has 78 valence electrons. The Morgan fingerprint density at radius 2 is 1.93 bits per heavy atom. The number of imidazole rings is 1. The summed E-state index contributed by atoms with van der Waals surface area (Å²) >= 11 is 0. The Morgan fingerprint density at radius 1 is 1.20 bits per heavy atom. The lowest BCUT2D eigenvalue weighted by Crippen LogP contribution is -1.88. The SMILES string of the molecule is CC.Cn1cnc2c1-c1ccccc1C2. The number of nitrogens with zero attached hydrogens (tertiary/aromatic N) is 2. The van der Waals surface area contributed by atoms with Crippen molar-refractivity contribution in [3.8, 4) is 11.3 Å². The van der Waals surface area contributed by atoms with Crippen LogP contribution in [0.15, 0.2) is 30.6 Å². The highest BCUT2D eigenvalue weighted by atomic mass is 15.0. The third-order valence-electron chi connectivity index (χ3n) is 2.64. The standard InChI is InChI=1S/C11H10N2.C2H6/c1-13-7-12-10-6-8-4-2-3-5-9(8)11(10)13;1-2/h2-5,7H,6H2,1H3;1-2H3. The van der Waals surface area contributed by atoms with E-state index in [1.54, 1.807) is 0 Å². The highest BCUT2D eigenvalue weighted by Crippen LogP contribution is 2.34. The van der Waals surface area contributed by atoms with E-state index in [-0.39, 0.29) is 0 Å². The van der Waals surface area contributed by atoms with Crippen molar-refractivity contribution in [1.82, 2.24) is 9.55 Å². The fraction of sp³-hybridized carbons (Fsp3) is 0.308. The summed E-state index contributed by atoms with van der Waals surface area (Å²) in [6.07, 6.45) is 2.88. The topological polar surface area (TPSA) is 17.8 Å². The lowest BCUT2D eigenvalue weighted by atomic mass is 10.1. The first kappa shape index (κ1) is 9.97. The van der Waals surface area contributed by atoms with Crippen molar-refractivity contribution >= 4 is 0 Å². The number of benzene rings is 1. The Morgan fingerprint density at radius 3 is 2.73 bits per heavy atom. The molecule has 0 aliphatic heterocycles. The van der Waals surface area contributed by atoms with E-state index in [1.807, 2.05) is 27.2 Å². The second-order valence-corrected chi connectivity index (χ2v) is 3.48. The van der Waals surface area contributed by atoms with E-state index in [0.717, 1.165) is 6.42 Å². The van der Waals surface area contributed by atoms with Crippen molar-refractivity contribution in [1.29, 1.82) is 0 Å². The molecular weight excluding hydrogens is 184 g/mol. The van der Waals surface area contributed by atoms with Gasteiger partial charge >= 0.3 is 0 Å². The average molecular weight is 200 g/mol. The van der Waals surface area contributed by atoms with Crippen LogP contribution in [0.25, 0.3) is 11.3 Å². The Bertz CT molecular complexity index is 469. The molecular formula is C13H16N2. The Balaban J connectivity index is 0.000000404. The van der Waals surface area contributed by atoms with Gasteiger partial charge in [-0.05, 0) is 5.56 Å². The van der Waals surface area contributed by atoms with Crippen LogP contribution in [0.2, 0.25) is 0 Å². The van der Waals surface area contributed by atoms with Crippen LogP contribution in [-0.2, 0) is 13.5 Å². The lowest BCUT2D eigenvalue weighted by Gasteiger charge is -2.00. The zero-order valence-corrected chi connectivity index (χ0v) is 9.49. The van der Waals surface area contributed by atoms with E-state index in [4.69, 9.17) is 0 Å². The minimum Gasteiger partial charge on any atom is -0.334 e. The van der Waals surface area contributed by atoms with E-state index in [1.165, 1.54) is 22.5 Å². The molecule has 1 aromatic carbocycles. The van der Waals surface area contributed by atoms with Gasteiger partial charge in [0.1, 0.15) is 0 Å². The molecule has 0 saturated heterocycles. The highest BCUT2D eigenvalue weighted by molar-refractivity contribution is 5.72. The Kier molecular flexibility index (Phi) is 2.58. The number of hydrogen-bond donors (Lipinski definition) is 0. The Labute approximate surface area is 90.6 Å². The number of fused-ring (bicyclic) bond motifs is 3. The van der Waals surface area contributed by atoms with E-state index >= 15 is 0 Å². The monoisotopic (exact) mass is 200 g/mol. The summed E-state index contributed by atoms with van der Waals surface area (Å²) in [5.74, 6) is 0. The predicted octanol–water partition coefficient (Wildman–Crippen LogP) is 3.02. The molecule has 0 unspecified atom stereocenters. The van der Waals surface area contributed by atoms with E-state index in [0.29, 0.717) is 0 Å². The van der Waals surface area contributed by atoms with Crippen LogP contribution in [-0.4, -0.2) is 9.55 Å². The van der Waals surface area contributed by atoms with Crippen LogP contribution in [0, 0.1) is 0 Å². The van der Waals surface area contributed by atoms with Gasteiger partial charge in [-0.3, -0.25) is 0 Å². The van der Waals surface area contributed by atoms with Gasteiger partial charge in [-0.15, -0.1) is 0 Å². The second-order valence-electron chi connectivity index (χ2n) is 3.48. The van der Waals surface area contributed by atoms with Gasteiger partial charge < -0.3 is 4.57 Å². The van der Waals surface area contributed by atoms with Gasteiger partial charge in [-0.1, -0.05) is 38.1 Å². The van der Waals surface area contributed by atoms with Crippen LogP contribution < -0.4 is 0 Å². The summed E-state index contributed by atoms with van der Waals surface area (Å²) in [5.41, 5.74) is 5.24. The minimum absolute atomic E-state index is 0.992. The molecule has 0 N–H and O–H groups in total. The van der Waals surface area contributed by atoms with Crippen molar-refractivity contribution < 1.29 is 0 Å². The van der Waals surface area contributed by atoms with Crippen LogP contribution in [0.4, 0.5) is 0 Å². The highest BCUT2D eigenvalue weighted by Gasteiger charge is 2.21. The van der Waals surface area contributed by atoms with Crippen molar-refractivity contribution in [3.63, 3.8) is 0 Å². The largest absolute Gasteiger partial charge is 0.334 e. The predicted molar refractivity (Wildman–Crippen MR) is 62.8 cm³/mol. The number of hydrogen-bond acceptors (Lipinski definition) is 1. The van der Waals surface area contributed by atoms with Crippen LogP contribution in [0.5, 0.6) is 0 Å². The van der Waals surface area contributed by atoms with Gasteiger partial charge in [0.2, 0.25) is 0 Å². The molecule has 0 bridgehead atoms. The molecule has 0 fully saturated rings. The average Bonchev–Trinajstić information content (AvgIpc) is 2.82. The fourth-order valence-corrected chi connectivity index (χ4v) is 2.04. The number of aryl methyl sites for hydroxylation is 1. The summed E-state index contributed by atoms with van der Waals surface area (Å²) in [6, 6.07) is 8.52. The molecule has 0 atom stereocenters. The maximum atomic E-state index is 4.37. The third kappa shape index (κ3) is 1.46. The maximum absolute atomic E-state index is 4.37. The summed E-state index contributed by atoms with van der Waals surface area (Å²) < 4.78 is 2.10. The van der Waals surface area contributed by atoms with Gasteiger partial charge in [-0.25, -0.2) is 4.98 Å². The van der Waals surface area contributed by atoms with E-state index < -0.39 is 0 Å². The first-order valence-corrected chi connectivity index (χ1v) is 5.45. The fourth-order valence-electron chi connectivity index (χ4n) is 2.04. The Hall–Kier alpha value is -1.57. The zero-order valence-electron chi connectivity index (χ0n) is 9.49. The molecule has 1 aromatic heterocycles. The summed E-state index contributed by atoms with van der Waals surface area (Å²) in [7, 11) is 2.05. The summed E-state index contributed by atoms with van der Waals surface area (Å²) in [4.78, 5) is 4.37. The van der Waals surface area contributed by atoms with E-state index in [9.17, 15) is 0 Å². The zero-order chi connectivity index (χ0) is 10.8. The lowest BCUT2D eigenvalue weighted by molar-refractivity contribution is 0.921. The van der Waals surface area contributed by atoms with Crippen molar-refractivity contribution in [3.05, 3.63) is 41.9 Å². The third-order valence-corrected chi connectivity index (χ3v) is 2.64.